The minimum atomic E-state index is -0.475. The van der Waals surface area contributed by atoms with Crippen molar-refractivity contribution in [3.63, 3.8) is 0 Å². The van der Waals surface area contributed by atoms with Gasteiger partial charge in [-0.05, 0) is 78.0 Å². The molecule has 3 aromatic carbocycles. The SMILES string of the molecule is Cc1cccc(C(=O)N=Nc2ccc(NOC(=O)c3ccccc3I)cc2)c1. The first-order valence-electron chi connectivity index (χ1n) is 8.37. The lowest BCUT2D eigenvalue weighted by Gasteiger charge is -2.07. The monoisotopic (exact) mass is 485 g/mol. The first-order chi connectivity index (χ1) is 13.5. The van der Waals surface area contributed by atoms with Crippen LogP contribution < -0.4 is 5.48 Å². The van der Waals surface area contributed by atoms with Crippen molar-refractivity contribution in [2.24, 2.45) is 10.2 Å². The van der Waals surface area contributed by atoms with E-state index < -0.39 is 11.9 Å². The summed E-state index contributed by atoms with van der Waals surface area (Å²) in [5.74, 6) is -0.880. The smallest absolute Gasteiger partial charge is 0.338 e. The van der Waals surface area contributed by atoms with Crippen LogP contribution in [-0.2, 0) is 4.84 Å². The quantitative estimate of drug-likeness (QED) is 0.285. The summed E-state index contributed by atoms with van der Waals surface area (Å²) in [5.41, 5.74) is 5.64. The molecule has 1 amide bonds. The van der Waals surface area contributed by atoms with Crippen LogP contribution >= 0.6 is 22.6 Å². The van der Waals surface area contributed by atoms with Gasteiger partial charge in [-0.15, -0.1) is 10.2 Å². The van der Waals surface area contributed by atoms with Gasteiger partial charge in [-0.2, -0.15) is 0 Å². The number of nitrogens with zero attached hydrogens (tertiary/aromatic N) is 2. The maximum Gasteiger partial charge on any atom is 0.363 e. The number of azo groups is 1. The van der Waals surface area contributed by atoms with Crippen molar-refractivity contribution in [2.75, 3.05) is 5.48 Å². The van der Waals surface area contributed by atoms with Crippen LogP contribution in [0.1, 0.15) is 26.3 Å². The number of amides is 1. The lowest BCUT2D eigenvalue weighted by molar-refractivity contribution is 0.0595. The van der Waals surface area contributed by atoms with E-state index in [0.29, 0.717) is 22.5 Å². The molecule has 0 fully saturated rings. The van der Waals surface area contributed by atoms with Gasteiger partial charge in [-0.3, -0.25) is 4.79 Å². The number of halogens is 1. The van der Waals surface area contributed by atoms with E-state index in [1.807, 2.05) is 25.1 Å². The van der Waals surface area contributed by atoms with Crippen LogP contribution in [-0.4, -0.2) is 11.9 Å². The lowest BCUT2D eigenvalue weighted by Crippen LogP contribution is -2.11. The number of nitrogens with one attached hydrogen (secondary N) is 1. The van der Waals surface area contributed by atoms with Crippen molar-refractivity contribution in [3.8, 4) is 0 Å². The Balaban J connectivity index is 1.58. The summed E-state index contributed by atoms with van der Waals surface area (Å²) in [7, 11) is 0. The molecule has 7 heteroatoms. The molecule has 0 unspecified atom stereocenters. The van der Waals surface area contributed by atoms with Gasteiger partial charge in [-0.25, -0.2) is 10.3 Å². The van der Waals surface area contributed by atoms with Crippen LogP contribution in [0, 0.1) is 10.5 Å². The Hall–Kier alpha value is -3.07. The molecule has 0 aliphatic heterocycles. The molecule has 3 rings (SSSR count). The summed E-state index contributed by atoms with van der Waals surface area (Å²) >= 11 is 2.08. The van der Waals surface area contributed by atoms with E-state index >= 15 is 0 Å². The number of carbonyl (C=O) groups excluding carboxylic acids is 2. The van der Waals surface area contributed by atoms with E-state index in [2.05, 4.69) is 38.3 Å². The molecular weight excluding hydrogens is 469 g/mol. The topological polar surface area (TPSA) is 80.1 Å². The summed E-state index contributed by atoms with van der Waals surface area (Å²) in [4.78, 5) is 29.2. The average molecular weight is 485 g/mol. The Bertz CT molecular complexity index is 1030. The average Bonchev–Trinajstić information content (AvgIpc) is 2.71. The largest absolute Gasteiger partial charge is 0.363 e. The summed E-state index contributed by atoms with van der Waals surface area (Å²) < 4.78 is 0.806. The predicted octanol–water partition coefficient (Wildman–Crippen LogP) is 5.71. The second-order valence-electron chi connectivity index (χ2n) is 5.89. The molecular formula is C21H16IN3O3. The zero-order chi connectivity index (χ0) is 19.9. The van der Waals surface area contributed by atoms with Gasteiger partial charge >= 0.3 is 5.97 Å². The van der Waals surface area contributed by atoms with Crippen molar-refractivity contribution in [3.05, 3.63) is 93.1 Å². The highest BCUT2D eigenvalue weighted by molar-refractivity contribution is 14.1. The fourth-order valence-corrected chi connectivity index (χ4v) is 2.93. The molecule has 0 aliphatic rings. The molecule has 140 valence electrons. The second-order valence-corrected chi connectivity index (χ2v) is 7.06. The van der Waals surface area contributed by atoms with E-state index in [1.54, 1.807) is 54.6 Å². The summed E-state index contributed by atoms with van der Waals surface area (Å²) in [5, 5.41) is 7.69. The van der Waals surface area contributed by atoms with Gasteiger partial charge in [0.15, 0.2) is 0 Å². The molecule has 28 heavy (non-hydrogen) atoms. The van der Waals surface area contributed by atoms with E-state index in [1.165, 1.54) is 0 Å². The molecule has 1 N–H and O–H groups in total. The van der Waals surface area contributed by atoms with Gasteiger partial charge < -0.3 is 4.84 Å². The van der Waals surface area contributed by atoms with Crippen molar-refractivity contribution >= 4 is 45.8 Å². The third kappa shape index (κ3) is 5.23. The first kappa shape index (κ1) is 19.7. The standard InChI is InChI=1S/C21H16IN3O3/c1-14-5-4-6-15(13-14)20(26)24-23-16-9-11-17(12-10-16)25-28-21(27)18-7-2-3-8-19(18)22/h2-13,25H,1H3. The molecule has 0 saturated carbocycles. The highest BCUT2D eigenvalue weighted by Gasteiger charge is 2.11. The number of benzene rings is 3. The minimum absolute atomic E-state index is 0.405. The third-order valence-electron chi connectivity index (χ3n) is 3.74. The van der Waals surface area contributed by atoms with Crippen molar-refractivity contribution in [1.29, 1.82) is 0 Å². The highest BCUT2D eigenvalue weighted by atomic mass is 127. The molecule has 0 aliphatic carbocycles. The molecule has 6 nitrogen and oxygen atoms in total. The van der Waals surface area contributed by atoms with Gasteiger partial charge in [0.1, 0.15) is 0 Å². The molecule has 0 radical (unpaired) electrons. The molecule has 0 spiro atoms. The number of carbonyl (C=O) groups is 2. The third-order valence-corrected chi connectivity index (χ3v) is 4.68. The van der Waals surface area contributed by atoms with Gasteiger partial charge in [0.2, 0.25) is 0 Å². The fraction of sp³-hybridized carbons (Fsp3) is 0.0476. The normalized spacial score (nSPS) is 10.6. The van der Waals surface area contributed by atoms with E-state index in [9.17, 15) is 9.59 Å². The Labute approximate surface area is 175 Å². The van der Waals surface area contributed by atoms with Crippen molar-refractivity contribution < 1.29 is 14.4 Å². The van der Waals surface area contributed by atoms with Gasteiger partial charge in [0.05, 0.1) is 16.9 Å². The van der Waals surface area contributed by atoms with E-state index in [-0.39, 0.29) is 0 Å². The Kier molecular flexibility index (Phi) is 6.49. The van der Waals surface area contributed by atoms with Gasteiger partial charge in [0.25, 0.3) is 5.91 Å². The van der Waals surface area contributed by atoms with E-state index in [4.69, 9.17) is 4.84 Å². The Morgan fingerprint density at radius 1 is 0.964 bits per heavy atom. The molecule has 0 heterocycles. The number of anilines is 1. The highest BCUT2D eigenvalue weighted by Crippen LogP contribution is 2.18. The second kappa shape index (κ2) is 9.23. The van der Waals surface area contributed by atoms with Crippen LogP contribution in [0.25, 0.3) is 0 Å². The van der Waals surface area contributed by atoms with Crippen LogP contribution in [0.2, 0.25) is 0 Å². The summed E-state index contributed by atoms with van der Waals surface area (Å²) in [6.07, 6.45) is 0. The summed E-state index contributed by atoms with van der Waals surface area (Å²) in [6, 6.07) is 21.0. The molecule has 0 aromatic heterocycles. The lowest BCUT2D eigenvalue weighted by atomic mass is 10.1. The Morgan fingerprint density at radius 2 is 1.71 bits per heavy atom. The van der Waals surface area contributed by atoms with Gasteiger partial charge in [0, 0.05) is 9.13 Å². The van der Waals surface area contributed by atoms with Crippen LogP contribution in [0.3, 0.4) is 0 Å². The maximum atomic E-state index is 12.1. The Morgan fingerprint density at radius 3 is 2.43 bits per heavy atom. The molecule has 0 bridgehead atoms. The van der Waals surface area contributed by atoms with E-state index in [0.717, 1.165) is 9.13 Å². The maximum absolute atomic E-state index is 12.1. The number of aryl methyl sites for hydroxylation is 1. The number of rotatable bonds is 5. The fourth-order valence-electron chi connectivity index (χ4n) is 2.32. The predicted molar refractivity (Wildman–Crippen MR) is 115 cm³/mol. The van der Waals surface area contributed by atoms with Crippen molar-refractivity contribution in [1.82, 2.24) is 0 Å². The molecule has 3 aromatic rings. The van der Waals surface area contributed by atoms with Gasteiger partial charge in [-0.1, -0.05) is 29.8 Å². The molecule has 0 atom stereocenters. The van der Waals surface area contributed by atoms with Crippen LogP contribution in [0.15, 0.2) is 83.0 Å². The van der Waals surface area contributed by atoms with Crippen LogP contribution in [0.5, 0.6) is 0 Å². The zero-order valence-corrected chi connectivity index (χ0v) is 17.1. The number of hydrogen-bond donors (Lipinski definition) is 1. The van der Waals surface area contributed by atoms with Crippen molar-refractivity contribution in [2.45, 2.75) is 6.92 Å². The van der Waals surface area contributed by atoms with Crippen LogP contribution in [0.4, 0.5) is 11.4 Å². The minimum Gasteiger partial charge on any atom is -0.338 e. The summed E-state index contributed by atoms with van der Waals surface area (Å²) in [6.45, 7) is 1.91. The zero-order valence-electron chi connectivity index (χ0n) is 14.9. The molecule has 0 saturated heterocycles. The number of hydrogen-bond acceptors (Lipinski definition) is 5. The first-order valence-corrected chi connectivity index (χ1v) is 9.45.